The highest BCUT2D eigenvalue weighted by Crippen LogP contribution is 2.35. The van der Waals surface area contributed by atoms with Crippen LogP contribution in [0.5, 0.6) is 0 Å². The Kier molecular flexibility index (Phi) is 4.37. The largest absolute Gasteiger partial charge is 0.394 e. The van der Waals surface area contributed by atoms with Crippen LogP contribution in [0.2, 0.25) is 0 Å². The number of nitriles is 1. The van der Waals surface area contributed by atoms with Gasteiger partial charge in [0.25, 0.3) is 0 Å². The van der Waals surface area contributed by atoms with Gasteiger partial charge in [-0.2, -0.15) is 5.26 Å². The minimum Gasteiger partial charge on any atom is -0.394 e. The van der Waals surface area contributed by atoms with Crippen LogP contribution in [0.15, 0.2) is 0 Å². The summed E-state index contributed by atoms with van der Waals surface area (Å²) in [4.78, 5) is 0. The van der Waals surface area contributed by atoms with Gasteiger partial charge in [-0.05, 0) is 31.6 Å². The molecule has 14 heavy (non-hydrogen) atoms. The van der Waals surface area contributed by atoms with Crippen LogP contribution in [0.25, 0.3) is 0 Å². The van der Waals surface area contributed by atoms with Crippen molar-refractivity contribution >= 4 is 0 Å². The first kappa shape index (κ1) is 11.5. The lowest BCUT2D eigenvalue weighted by atomic mass is 9.78. The van der Waals surface area contributed by atoms with Crippen LogP contribution in [0.4, 0.5) is 0 Å². The molecule has 1 aliphatic carbocycles. The van der Waals surface area contributed by atoms with Crippen LogP contribution in [-0.2, 0) is 4.74 Å². The molecule has 3 nitrogen and oxygen atoms in total. The molecule has 0 aliphatic heterocycles. The maximum atomic E-state index is 9.07. The van der Waals surface area contributed by atoms with E-state index in [1.807, 2.05) is 0 Å². The highest BCUT2D eigenvalue weighted by atomic mass is 16.5. The van der Waals surface area contributed by atoms with Gasteiger partial charge in [-0.3, -0.25) is 0 Å². The second kappa shape index (κ2) is 5.33. The van der Waals surface area contributed by atoms with Gasteiger partial charge in [0.2, 0.25) is 0 Å². The van der Waals surface area contributed by atoms with E-state index in [-0.39, 0.29) is 13.2 Å². The van der Waals surface area contributed by atoms with E-state index in [0.29, 0.717) is 0 Å². The fourth-order valence-electron chi connectivity index (χ4n) is 2.08. The van der Waals surface area contributed by atoms with Crippen LogP contribution in [0.3, 0.4) is 0 Å². The van der Waals surface area contributed by atoms with E-state index >= 15 is 0 Å². The molecule has 0 aromatic carbocycles. The topological polar surface area (TPSA) is 53.2 Å². The summed E-state index contributed by atoms with van der Waals surface area (Å²) < 4.78 is 5.45. The highest BCUT2D eigenvalue weighted by molar-refractivity contribution is 5.04. The summed E-state index contributed by atoms with van der Waals surface area (Å²) in [7, 11) is 0. The average Bonchev–Trinajstić information content (AvgIpc) is 2.27. The predicted molar refractivity (Wildman–Crippen MR) is 53.6 cm³/mol. The molecule has 0 bridgehead atoms. The number of rotatable bonds is 4. The van der Waals surface area contributed by atoms with Crippen molar-refractivity contribution in [2.75, 3.05) is 13.2 Å². The Morgan fingerprint density at radius 1 is 1.50 bits per heavy atom. The molecule has 1 saturated carbocycles. The molecule has 0 atom stereocenters. The van der Waals surface area contributed by atoms with Crippen molar-refractivity contribution < 1.29 is 9.84 Å². The fourth-order valence-corrected chi connectivity index (χ4v) is 2.08. The molecule has 80 valence electrons. The van der Waals surface area contributed by atoms with E-state index in [0.717, 1.165) is 31.6 Å². The second-order valence-electron chi connectivity index (χ2n) is 4.03. The zero-order valence-electron chi connectivity index (χ0n) is 8.83. The molecule has 0 saturated heterocycles. The summed E-state index contributed by atoms with van der Waals surface area (Å²) in [6.07, 6.45) is 5.00. The molecule has 3 heteroatoms. The normalized spacial score (nSPS) is 32.5. The van der Waals surface area contributed by atoms with Crippen molar-refractivity contribution in [2.45, 2.75) is 44.6 Å². The highest BCUT2D eigenvalue weighted by Gasteiger charge is 2.35. The molecule has 1 rings (SSSR count). The number of nitrogens with zero attached hydrogens (tertiary/aromatic N) is 1. The number of ether oxygens (including phenoxy) is 1. The molecule has 0 heterocycles. The van der Waals surface area contributed by atoms with Gasteiger partial charge in [-0.25, -0.2) is 0 Å². The molecule has 0 aromatic heterocycles. The number of hydrogen-bond acceptors (Lipinski definition) is 3. The summed E-state index contributed by atoms with van der Waals surface area (Å²) in [5, 5.41) is 17.7. The van der Waals surface area contributed by atoms with E-state index in [2.05, 4.69) is 13.0 Å². The first-order chi connectivity index (χ1) is 6.76. The van der Waals surface area contributed by atoms with Gasteiger partial charge in [-0.1, -0.05) is 13.3 Å². The third kappa shape index (κ3) is 2.70. The lowest BCUT2D eigenvalue weighted by Crippen LogP contribution is -2.36. The van der Waals surface area contributed by atoms with Crippen molar-refractivity contribution in [3.8, 4) is 6.07 Å². The standard InChI is InChI=1S/C11H19NO2/c1-2-10-3-5-11(9-12,6-4-10)14-8-7-13/h10,13H,2-8H2,1H3. The van der Waals surface area contributed by atoms with E-state index in [9.17, 15) is 0 Å². The van der Waals surface area contributed by atoms with E-state index < -0.39 is 5.60 Å². The molecular formula is C11H19NO2. The summed E-state index contributed by atoms with van der Waals surface area (Å²) in [5.74, 6) is 0.759. The van der Waals surface area contributed by atoms with Crippen molar-refractivity contribution in [3.63, 3.8) is 0 Å². The van der Waals surface area contributed by atoms with Crippen molar-refractivity contribution in [2.24, 2.45) is 5.92 Å². The van der Waals surface area contributed by atoms with Gasteiger partial charge >= 0.3 is 0 Å². The number of aliphatic hydroxyl groups excluding tert-OH is 1. The Labute approximate surface area is 85.7 Å². The number of hydrogen-bond donors (Lipinski definition) is 1. The molecule has 1 aliphatic rings. The van der Waals surface area contributed by atoms with Gasteiger partial charge < -0.3 is 9.84 Å². The fraction of sp³-hybridized carbons (Fsp3) is 0.909. The average molecular weight is 197 g/mol. The van der Waals surface area contributed by atoms with Gasteiger partial charge in [-0.15, -0.1) is 0 Å². The third-order valence-corrected chi connectivity index (χ3v) is 3.16. The van der Waals surface area contributed by atoms with Crippen molar-refractivity contribution in [1.29, 1.82) is 5.26 Å². The quantitative estimate of drug-likeness (QED) is 0.748. The Hall–Kier alpha value is -0.590. The van der Waals surface area contributed by atoms with Crippen LogP contribution in [0.1, 0.15) is 39.0 Å². The van der Waals surface area contributed by atoms with Crippen LogP contribution < -0.4 is 0 Å². The SMILES string of the molecule is CCC1CCC(C#N)(OCCO)CC1. The molecule has 1 N–H and O–H groups in total. The monoisotopic (exact) mass is 197 g/mol. The molecule has 0 amide bonds. The predicted octanol–water partition coefficient (Wildman–Crippen LogP) is 1.86. The van der Waals surface area contributed by atoms with Gasteiger partial charge in [0.1, 0.15) is 0 Å². The van der Waals surface area contributed by atoms with Crippen LogP contribution in [0, 0.1) is 17.2 Å². The molecule has 0 radical (unpaired) electrons. The third-order valence-electron chi connectivity index (χ3n) is 3.16. The molecule has 0 unspecified atom stereocenters. The molecule has 0 aromatic rings. The van der Waals surface area contributed by atoms with Crippen molar-refractivity contribution in [3.05, 3.63) is 0 Å². The smallest absolute Gasteiger partial charge is 0.154 e. The van der Waals surface area contributed by atoms with Gasteiger partial charge in [0, 0.05) is 0 Å². The molecule has 0 spiro atoms. The maximum absolute atomic E-state index is 9.07. The van der Waals surface area contributed by atoms with Gasteiger partial charge in [0.15, 0.2) is 5.60 Å². The first-order valence-corrected chi connectivity index (χ1v) is 5.42. The minimum absolute atomic E-state index is 0.000631. The molecular weight excluding hydrogens is 178 g/mol. The maximum Gasteiger partial charge on any atom is 0.154 e. The van der Waals surface area contributed by atoms with Crippen LogP contribution in [-0.4, -0.2) is 23.9 Å². The Morgan fingerprint density at radius 2 is 2.14 bits per heavy atom. The second-order valence-corrected chi connectivity index (χ2v) is 4.03. The minimum atomic E-state index is -0.603. The Balaban J connectivity index is 2.45. The zero-order chi connectivity index (χ0) is 10.4. The Bertz CT molecular complexity index is 202. The lowest BCUT2D eigenvalue weighted by molar-refractivity contribution is -0.0491. The van der Waals surface area contributed by atoms with E-state index in [1.54, 1.807) is 0 Å². The summed E-state index contributed by atoms with van der Waals surface area (Å²) >= 11 is 0. The zero-order valence-corrected chi connectivity index (χ0v) is 8.83. The lowest BCUT2D eigenvalue weighted by Gasteiger charge is -2.34. The first-order valence-electron chi connectivity index (χ1n) is 5.42. The summed E-state index contributed by atoms with van der Waals surface area (Å²) in [6.45, 7) is 2.48. The summed E-state index contributed by atoms with van der Waals surface area (Å²) in [5.41, 5.74) is -0.603. The Morgan fingerprint density at radius 3 is 2.57 bits per heavy atom. The van der Waals surface area contributed by atoms with Gasteiger partial charge in [0.05, 0.1) is 19.3 Å². The van der Waals surface area contributed by atoms with E-state index in [4.69, 9.17) is 15.1 Å². The molecule has 1 fully saturated rings. The van der Waals surface area contributed by atoms with Crippen LogP contribution >= 0.6 is 0 Å². The summed E-state index contributed by atoms with van der Waals surface area (Å²) in [6, 6.07) is 2.26. The number of aliphatic hydroxyl groups is 1. The van der Waals surface area contributed by atoms with E-state index in [1.165, 1.54) is 6.42 Å². The van der Waals surface area contributed by atoms with Crippen molar-refractivity contribution in [1.82, 2.24) is 0 Å².